The molecule has 0 aromatic heterocycles. The molecule has 30 heavy (non-hydrogen) atoms. The van der Waals surface area contributed by atoms with E-state index in [0.717, 1.165) is 41.2 Å². The maximum absolute atomic E-state index is 13.3. The molecule has 7 heteroatoms. The summed E-state index contributed by atoms with van der Waals surface area (Å²) in [6.45, 7) is 6.74. The minimum absolute atomic E-state index is 0.0362. The Kier molecular flexibility index (Phi) is 5.03. The van der Waals surface area contributed by atoms with Crippen molar-refractivity contribution in [2.45, 2.75) is 58.4 Å². The van der Waals surface area contributed by atoms with Gasteiger partial charge in [0.1, 0.15) is 17.8 Å². The topological polar surface area (TPSA) is 79.0 Å². The number of rotatable bonds is 3. The third-order valence-corrected chi connectivity index (χ3v) is 6.62. The van der Waals surface area contributed by atoms with Gasteiger partial charge in [-0.15, -0.1) is 0 Å². The van der Waals surface area contributed by atoms with Gasteiger partial charge in [-0.2, -0.15) is 0 Å². The van der Waals surface area contributed by atoms with Crippen molar-refractivity contribution in [3.63, 3.8) is 0 Å². The van der Waals surface area contributed by atoms with Gasteiger partial charge in [0.25, 0.3) is 5.91 Å². The predicted octanol–water partition coefficient (Wildman–Crippen LogP) is 3.11. The third kappa shape index (κ3) is 3.55. The molecule has 4 amide bonds. The fraction of sp³-hybridized carbons (Fsp3) is 0.609. The first kappa shape index (κ1) is 20.7. The number of nitrogens with one attached hydrogen (secondary N) is 1. The number of carbonyl (C=O) groups is 3. The molecular formula is C23H31N3O4. The van der Waals surface area contributed by atoms with E-state index in [2.05, 4.69) is 26.1 Å². The molecule has 1 aromatic rings. The first-order valence-electron chi connectivity index (χ1n) is 10.8. The number of nitrogens with zero attached hydrogens (tertiary/aromatic N) is 2. The van der Waals surface area contributed by atoms with Gasteiger partial charge in [0.15, 0.2) is 0 Å². The van der Waals surface area contributed by atoms with Crippen LogP contribution in [0.4, 0.5) is 10.5 Å². The second-order valence-corrected chi connectivity index (χ2v) is 9.90. The van der Waals surface area contributed by atoms with E-state index < -0.39 is 11.6 Å². The zero-order valence-electron chi connectivity index (χ0n) is 18.3. The summed E-state index contributed by atoms with van der Waals surface area (Å²) in [6.07, 6.45) is 3.95. The number of aryl methyl sites for hydroxylation is 1. The number of ether oxygens (including phenoxy) is 1. The molecule has 2 unspecified atom stereocenters. The maximum Gasteiger partial charge on any atom is 0.325 e. The van der Waals surface area contributed by atoms with E-state index >= 15 is 0 Å². The van der Waals surface area contributed by atoms with Gasteiger partial charge in [-0.05, 0) is 67.2 Å². The number of methoxy groups -OCH3 is 1. The standard InChI is InChI=1S/C23H31N3O4/c1-15-11-22(2,3)14-23(12-15)20(28)26(21(29)24-23)13-19(27)25-9-5-6-16-10-17(30-4)7-8-18(16)25/h7-8,10,15H,5-6,9,11-14H2,1-4H3,(H,24,29). The predicted molar refractivity (Wildman–Crippen MR) is 113 cm³/mol. The minimum Gasteiger partial charge on any atom is -0.497 e. The van der Waals surface area contributed by atoms with Gasteiger partial charge in [-0.3, -0.25) is 14.5 Å². The van der Waals surface area contributed by atoms with Crippen LogP contribution in [0.5, 0.6) is 5.75 Å². The van der Waals surface area contributed by atoms with Crippen LogP contribution in [0.1, 0.15) is 52.0 Å². The Labute approximate surface area is 177 Å². The second-order valence-electron chi connectivity index (χ2n) is 9.90. The maximum atomic E-state index is 13.3. The summed E-state index contributed by atoms with van der Waals surface area (Å²) in [5.74, 6) is 0.600. The van der Waals surface area contributed by atoms with E-state index in [1.54, 1.807) is 12.0 Å². The van der Waals surface area contributed by atoms with Crippen molar-refractivity contribution in [2.75, 3.05) is 25.1 Å². The number of imide groups is 1. The highest BCUT2D eigenvalue weighted by Gasteiger charge is 2.56. The van der Waals surface area contributed by atoms with Crippen LogP contribution in [0.3, 0.4) is 0 Å². The van der Waals surface area contributed by atoms with Gasteiger partial charge < -0.3 is 15.0 Å². The van der Waals surface area contributed by atoms with Gasteiger partial charge >= 0.3 is 6.03 Å². The summed E-state index contributed by atoms with van der Waals surface area (Å²) in [6, 6.07) is 5.20. The number of benzene rings is 1. The molecule has 1 N–H and O–H groups in total. The van der Waals surface area contributed by atoms with Crippen molar-refractivity contribution >= 4 is 23.5 Å². The molecule has 1 aromatic carbocycles. The monoisotopic (exact) mass is 413 g/mol. The van der Waals surface area contributed by atoms with E-state index in [-0.39, 0.29) is 23.8 Å². The number of fused-ring (bicyclic) bond motifs is 1. The average Bonchev–Trinajstić information content (AvgIpc) is 2.88. The third-order valence-electron chi connectivity index (χ3n) is 6.62. The number of hydrogen-bond donors (Lipinski definition) is 1. The largest absolute Gasteiger partial charge is 0.497 e. The lowest BCUT2D eigenvalue weighted by molar-refractivity contribution is -0.137. The molecule has 2 heterocycles. The van der Waals surface area contributed by atoms with Crippen LogP contribution < -0.4 is 15.0 Å². The Morgan fingerprint density at radius 2 is 2.03 bits per heavy atom. The fourth-order valence-electron chi connectivity index (χ4n) is 5.83. The molecule has 4 rings (SSSR count). The Morgan fingerprint density at radius 3 is 2.73 bits per heavy atom. The molecule has 2 aliphatic heterocycles. The van der Waals surface area contributed by atoms with E-state index in [0.29, 0.717) is 25.3 Å². The van der Waals surface area contributed by atoms with E-state index in [1.165, 1.54) is 0 Å². The van der Waals surface area contributed by atoms with Crippen LogP contribution in [-0.2, 0) is 16.0 Å². The highest BCUT2D eigenvalue weighted by molar-refractivity contribution is 6.10. The molecule has 2 fully saturated rings. The van der Waals surface area contributed by atoms with E-state index in [9.17, 15) is 14.4 Å². The van der Waals surface area contributed by atoms with Gasteiger partial charge in [0, 0.05) is 12.2 Å². The zero-order valence-corrected chi connectivity index (χ0v) is 18.3. The lowest BCUT2D eigenvalue weighted by Gasteiger charge is -2.43. The van der Waals surface area contributed by atoms with Crippen LogP contribution in [0.25, 0.3) is 0 Å². The van der Waals surface area contributed by atoms with Gasteiger partial charge in [0.05, 0.1) is 7.11 Å². The summed E-state index contributed by atoms with van der Waals surface area (Å²) >= 11 is 0. The SMILES string of the molecule is COc1ccc2c(c1)CCCN2C(=O)CN1C(=O)NC2(CC(C)CC(C)(C)C2)C1=O. The second kappa shape index (κ2) is 7.29. The van der Waals surface area contributed by atoms with Gasteiger partial charge in [0.2, 0.25) is 5.91 Å². The van der Waals surface area contributed by atoms with Crippen LogP contribution in [0, 0.1) is 11.3 Å². The van der Waals surface area contributed by atoms with Crippen LogP contribution in [0.2, 0.25) is 0 Å². The fourth-order valence-corrected chi connectivity index (χ4v) is 5.83. The number of urea groups is 1. The van der Waals surface area contributed by atoms with Crippen molar-refractivity contribution in [1.82, 2.24) is 10.2 Å². The minimum atomic E-state index is -0.883. The lowest BCUT2D eigenvalue weighted by Crippen LogP contribution is -2.54. The molecule has 0 radical (unpaired) electrons. The quantitative estimate of drug-likeness (QED) is 0.773. The molecule has 1 spiro atoms. The normalized spacial score (nSPS) is 27.8. The van der Waals surface area contributed by atoms with E-state index in [4.69, 9.17) is 4.74 Å². The number of anilines is 1. The van der Waals surface area contributed by atoms with Crippen molar-refractivity contribution < 1.29 is 19.1 Å². The summed E-state index contributed by atoms with van der Waals surface area (Å²) in [4.78, 5) is 42.0. The molecule has 162 valence electrons. The Hall–Kier alpha value is -2.57. The van der Waals surface area contributed by atoms with Crippen molar-refractivity contribution in [1.29, 1.82) is 0 Å². The Bertz CT molecular complexity index is 896. The summed E-state index contributed by atoms with van der Waals surface area (Å²) in [5, 5.41) is 2.95. The molecule has 0 bridgehead atoms. The number of amides is 4. The van der Waals surface area contributed by atoms with Crippen molar-refractivity contribution in [3.05, 3.63) is 23.8 Å². The summed E-state index contributed by atoms with van der Waals surface area (Å²) in [7, 11) is 1.62. The molecular weight excluding hydrogens is 382 g/mol. The smallest absolute Gasteiger partial charge is 0.325 e. The Balaban J connectivity index is 1.53. The molecule has 1 aliphatic carbocycles. The van der Waals surface area contributed by atoms with Gasteiger partial charge in [-0.25, -0.2) is 4.79 Å². The summed E-state index contributed by atoms with van der Waals surface area (Å²) < 4.78 is 5.29. The summed E-state index contributed by atoms with van der Waals surface area (Å²) in [5.41, 5.74) is 0.962. The molecule has 3 aliphatic rings. The van der Waals surface area contributed by atoms with Crippen LogP contribution in [0.15, 0.2) is 18.2 Å². The average molecular weight is 414 g/mol. The molecule has 1 saturated carbocycles. The first-order valence-corrected chi connectivity index (χ1v) is 10.8. The van der Waals surface area contributed by atoms with E-state index in [1.807, 2.05) is 18.2 Å². The highest BCUT2D eigenvalue weighted by atomic mass is 16.5. The molecule has 1 saturated heterocycles. The van der Waals surface area contributed by atoms with Crippen LogP contribution >= 0.6 is 0 Å². The lowest BCUT2D eigenvalue weighted by atomic mass is 9.64. The van der Waals surface area contributed by atoms with Gasteiger partial charge in [-0.1, -0.05) is 20.8 Å². The highest BCUT2D eigenvalue weighted by Crippen LogP contribution is 2.46. The van der Waals surface area contributed by atoms with Crippen LogP contribution in [-0.4, -0.2) is 48.5 Å². The van der Waals surface area contributed by atoms with Crippen molar-refractivity contribution in [2.24, 2.45) is 11.3 Å². The van der Waals surface area contributed by atoms with Crippen molar-refractivity contribution in [3.8, 4) is 5.75 Å². The number of carbonyl (C=O) groups excluding carboxylic acids is 3. The Morgan fingerprint density at radius 1 is 1.27 bits per heavy atom. The number of hydrogen-bond acceptors (Lipinski definition) is 4. The first-order chi connectivity index (χ1) is 14.1. The molecule has 2 atom stereocenters. The molecule has 7 nitrogen and oxygen atoms in total. The zero-order chi connectivity index (χ0) is 21.7.